The number of benzene rings is 1. The molecule has 0 radical (unpaired) electrons. The molecular formula is C20H23N5O. The van der Waals surface area contributed by atoms with Crippen LogP contribution >= 0.6 is 0 Å². The molecule has 0 unspecified atom stereocenters. The van der Waals surface area contributed by atoms with E-state index in [4.69, 9.17) is 0 Å². The van der Waals surface area contributed by atoms with E-state index in [1.807, 2.05) is 43.4 Å². The molecule has 0 aliphatic rings. The molecule has 6 heteroatoms. The highest BCUT2D eigenvalue weighted by atomic mass is 16.2. The van der Waals surface area contributed by atoms with Gasteiger partial charge >= 0.3 is 6.03 Å². The maximum absolute atomic E-state index is 12.1. The smallest absolute Gasteiger partial charge is 0.319 e. The first-order valence-electron chi connectivity index (χ1n) is 8.60. The summed E-state index contributed by atoms with van der Waals surface area (Å²) in [6, 6.07) is 11.6. The summed E-state index contributed by atoms with van der Waals surface area (Å²) >= 11 is 0. The van der Waals surface area contributed by atoms with Crippen molar-refractivity contribution in [2.45, 2.75) is 26.3 Å². The van der Waals surface area contributed by atoms with Crippen molar-refractivity contribution in [3.05, 3.63) is 66.1 Å². The average Bonchev–Trinajstić information content (AvgIpc) is 3.07. The molecule has 26 heavy (non-hydrogen) atoms. The largest absolute Gasteiger partial charge is 0.334 e. The van der Waals surface area contributed by atoms with E-state index >= 15 is 0 Å². The van der Waals surface area contributed by atoms with Gasteiger partial charge in [-0.05, 0) is 41.3 Å². The van der Waals surface area contributed by atoms with Crippen molar-refractivity contribution < 1.29 is 4.79 Å². The number of hydrogen-bond acceptors (Lipinski definition) is 3. The molecule has 2 N–H and O–H groups in total. The zero-order valence-corrected chi connectivity index (χ0v) is 15.2. The van der Waals surface area contributed by atoms with Crippen molar-refractivity contribution in [2.75, 3.05) is 5.32 Å². The number of pyridine rings is 1. The Morgan fingerprint density at radius 1 is 1.15 bits per heavy atom. The Balaban J connectivity index is 1.58. The highest BCUT2D eigenvalue weighted by Gasteiger charge is 2.06. The summed E-state index contributed by atoms with van der Waals surface area (Å²) in [7, 11) is 1.89. The van der Waals surface area contributed by atoms with Gasteiger partial charge in [0.25, 0.3) is 0 Å². The second-order valence-corrected chi connectivity index (χ2v) is 6.51. The minimum atomic E-state index is -0.242. The van der Waals surface area contributed by atoms with Gasteiger partial charge in [0.15, 0.2) is 0 Å². The van der Waals surface area contributed by atoms with Gasteiger partial charge in [-0.3, -0.25) is 9.67 Å². The summed E-state index contributed by atoms with van der Waals surface area (Å²) in [5.74, 6) is 0.470. The number of urea groups is 1. The number of carbonyl (C=O) groups excluding carboxylic acids is 1. The Kier molecular flexibility index (Phi) is 5.31. The lowest BCUT2D eigenvalue weighted by Crippen LogP contribution is -2.28. The van der Waals surface area contributed by atoms with Gasteiger partial charge < -0.3 is 10.6 Å². The van der Waals surface area contributed by atoms with Gasteiger partial charge in [-0.1, -0.05) is 26.0 Å². The summed E-state index contributed by atoms with van der Waals surface area (Å²) in [5.41, 5.74) is 4.89. The Bertz CT molecular complexity index is 883. The fourth-order valence-electron chi connectivity index (χ4n) is 2.69. The lowest BCUT2D eigenvalue weighted by atomic mass is 10.0. The molecule has 0 aliphatic carbocycles. The quantitative estimate of drug-likeness (QED) is 0.733. The Hall–Kier alpha value is -3.15. The number of carbonyl (C=O) groups is 1. The van der Waals surface area contributed by atoms with Crippen molar-refractivity contribution in [1.82, 2.24) is 20.1 Å². The van der Waals surface area contributed by atoms with Crippen LogP contribution in [0.4, 0.5) is 10.5 Å². The molecule has 3 aromatic rings. The fraction of sp³-hybridized carbons (Fsp3) is 0.250. The Morgan fingerprint density at radius 3 is 2.58 bits per heavy atom. The van der Waals surface area contributed by atoms with Gasteiger partial charge in [-0.2, -0.15) is 5.10 Å². The predicted octanol–water partition coefficient (Wildman–Crippen LogP) is 3.93. The molecule has 0 bridgehead atoms. The first kappa shape index (κ1) is 17.7. The van der Waals surface area contributed by atoms with Crippen LogP contribution in [-0.4, -0.2) is 20.8 Å². The minimum Gasteiger partial charge on any atom is -0.334 e. The lowest BCUT2D eigenvalue weighted by Gasteiger charge is -2.10. The van der Waals surface area contributed by atoms with Crippen LogP contribution in [0.2, 0.25) is 0 Å². The molecule has 2 amide bonds. The monoisotopic (exact) mass is 349 g/mol. The molecule has 3 rings (SSSR count). The number of nitrogens with zero attached hydrogens (tertiary/aromatic N) is 3. The zero-order chi connectivity index (χ0) is 18.5. The third kappa shape index (κ3) is 4.27. The van der Waals surface area contributed by atoms with Gasteiger partial charge in [-0.15, -0.1) is 0 Å². The number of aryl methyl sites for hydroxylation is 1. The molecule has 2 aromatic heterocycles. The molecule has 0 spiro atoms. The van der Waals surface area contributed by atoms with Crippen molar-refractivity contribution in [2.24, 2.45) is 7.05 Å². The molecule has 134 valence electrons. The topological polar surface area (TPSA) is 71.8 Å². The predicted molar refractivity (Wildman–Crippen MR) is 103 cm³/mol. The molecular weight excluding hydrogens is 326 g/mol. The number of amides is 2. The van der Waals surface area contributed by atoms with Crippen molar-refractivity contribution >= 4 is 11.7 Å². The van der Waals surface area contributed by atoms with Gasteiger partial charge in [0.2, 0.25) is 0 Å². The molecule has 6 nitrogen and oxygen atoms in total. The van der Waals surface area contributed by atoms with Crippen LogP contribution in [0.25, 0.3) is 11.3 Å². The standard InChI is InChI=1S/C20H23N5O/c1-14(2)16-4-6-18(7-5-16)24-20(26)22-12-15-10-17(13-21-11-15)19-8-9-23-25(19)3/h4-11,13-14H,12H2,1-3H3,(H2,22,24,26). The van der Waals surface area contributed by atoms with Crippen LogP contribution in [-0.2, 0) is 13.6 Å². The van der Waals surface area contributed by atoms with E-state index in [9.17, 15) is 4.79 Å². The van der Waals surface area contributed by atoms with E-state index in [1.54, 1.807) is 23.3 Å². The number of nitrogens with one attached hydrogen (secondary N) is 2. The fourth-order valence-corrected chi connectivity index (χ4v) is 2.69. The van der Waals surface area contributed by atoms with Crippen molar-refractivity contribution in [1.29, 1.82) is 0 Å². The van der Waals surface area contributed by atoms with Crippen LogP contribution in [0.3, 0.4) is 0 Å². The number of aromatic nitrogens is 3. The SMILES string of the molecule is CC(C)c1ccc(NC(=O)NCc2cncc(-c3ccnn3C)c2)cc1. The lowest BCUT2D eigenvalue weighted by molar-refractivity contribution is 0.251. The summed E-state index contributed by atoms with van der Waals surface area (Å²) in [6.07, 6.45) is 5.28. The van der Waals surface area contributed by atoms with E-state index in [0.29, 0.717) is 12.5 Å². The average molecular weight is 349 g/mol. The first-order chi connectivity index (χ1) is 12.5. The normalized spacial score (nSPS) is 10.8. The highest BCUT2D eigenvalue weighted by Crippen LogP contribution is 2.18. The summed E-state index contributed by atoms with van der Waals surface area (Å²) in [6.45, 7) is 4.68. The van der Waals surface area contributed by atoms with Gasteiger partial charge in [0.1, 0.15) is 0 Å². The summed E-state index contributed by atoms with van der Waals surface area (Å²) in [5, 5.41) is 9.87. The van der Waals surface area contributed by atoms with Crippen LogP contribution in [0.1, 0.15) is 30.9 Å². The van der Waals surface area contributed by atoms with Crippen molar-refractivity contribution in [3.63, 3.8) is 0 Å². The van der Waals surface area contributed by atoms with Crippen LogP contribution in [0.5, 0.6) is 0 Å². The molecule has 1 aromatic carbocycles. The van der Waals surface area contributed by atoms with E-state index < -0.39 is 0 Å². The number of rotatable bonds is 5. The second kappa shape index (κ2) is 7.82. The zero-order valence-electron chi connectivity index (χ0n) is 15.2. The van der Waals surface area contributed by atoms with E-state index in [0.717, 1.165) is 22.5 Å². The Morgan fingerprint density at radius 2 is 1.92 bits per heavy atom. The minimum absolute atomic E-state index is 0.242. The summed E-state index contributed by atoms with van der Waals surface area (Å²) < 4.78 is 1.79. The van der Waals surface area contributed by atoms with Gasteiger partial charge in [0.05, 0.1) is 5.69 Å². The van der Waals surface area contributed by atoms with Gasteiger partial charge in [-0.25, -0.2) is 4.79 Å². The molecule has 0 saturated heterocycles. The molecule has 0 aliphatic heterocycles. The number of anilines is 1. The third-order valence-electron chi connectivity index (χ3n) is 4.20. The van der Waals surface area contributed by atoms with Crippen molar-refractivity contribution in [3.8, 4) is 11.3 Å². The molecule has 0 saturated carbocycles. The third-order valence-corrected chi connectivity index (χ3v) is 4.20. The molecule has 0 fully saturated rings. The maximum atomic E-state index is 12.1. The number of hydrogen-bond donors (Lipinski definition) is 2. The summed E-state index contributed by atoms with van der Waals surface area (Å²) in [4.78, 5) is 16.4. The Labute approximate surface area is 153 Å². The second-order valence-electron chi connectivity index (χ2n) is 6.51. The van der Waals surface area contributed by atoms with Gasteiger partial charge in [0, 0.05) is 43.4 Å². The van der Waals surface area contributed by atoms with E-state index in [2.05, 4.69) is 34.6 Å². The molecule has 0 atom stereocenters. The maximum Gasteiger partial charge on any atom is 0.319 e. The van der Waals surface area contributed by atoms with E-state index in [1.165, 1.54) is 5.56 Å². The first-order valence-corrected chi connectivity index (χ1v) is 8.60. The van der Waals surface area contributed by atoms with E-state index in [-0.39, 0.29) is 6.03 Å². The molecule has 2 heterocycles. The van der Waals surface area contributed by atoms with Crippen LogP contribution in [0, 0.1) is 0 Å². The highest BCUT2D eigenvalue weighted by molar-refractivity contribution is 5.89. The van der Waals surface area contributed by atoms with Crippen LogP contribution < -0.4 is 10.6 Å². The van der Waals surface area contributed by atoms with Crippen LogP contribution in [0.15, 0.2) is 55.0 Å².